The zero-order chi connectivity index (χ0) is 21.5. The second-order valence-corrected chi connectivity index (χ2v) is 7.91. The van der Waals surface area contributed by atoms with Crippen molar-refractivity contribution in [1.29, 1.82) is 0 Å². The van der Waals surface area contributed by atoms with Crippen molar-refractivity contribution >= 4 is 0 Å². The average molecular weight is 420 g/mol. The van der Waals surface area contributed by atoms with E-state index in [0.29, 0.717) is 5.75 Å². The number of aliphatic hydroxyl groups is 1. The van der Waals surface area contributed by atoms with Gasteiger partial charge >= 0.3 is 0 Å². The average Bonchev–Trinajstić information content (AvgIpc) is 2.80. The molecule has 31 heavy (non-hydrogen) atoms. The van der Waals surface area contributed by atoms with Crippen molar-refractivity contribution in [2.45, 2.75) is 38.0 Å². The van der Waals surface area contributed by atoms with Crippen molar-refractivity contribution in [2.75, 3.05) is 13.1 Å². The molecule has 4 rings (SSSR count). The molecule has 2 N–H and O–H groups in total. The van der Waals surface area contributed by atoms with E-state index in [9.17, 15) is 10.2 Å². The maximum Gasteiger partial charge on any atom is 0.163 e. The van der Waals surface area contributed by atoms with Gasteiger partial charge in [-0.1, -0.05) is 42.5 Å². The van der Waals surface area contributed by atoms with Gasteiger partial charge in [-0.05, 0) is 61.2 Å². The molecule has 3 aromatic rings. The number of benzene rings is 3. The number of aromatic hydroxyl groups is 1. The lowest BCUT2D eigenvalue weighted by Gasteiger charge is -2.36. The lowest BCUT2D eigenvalue weighted by atomic mass is 10.0. The minimum Gasteiger partial charge on any atom is -0.504 e. The van der Waals surface area contributed by atoms with E-state index < -0.39 is 0 Å². The van der Waals surface area contributed by atoms with E-state index >= 15 is 0 Å². The van der Waals surface area contributed by atoms with Crippen molar-refractivity contribution < 1.29 is 19.7 Å². The molecule has 0 aliphatic carbocycles. The third-order valence-corrected chi connectivity index (χ3v) is 5.62. The van der Waals surface area contributed by atoms with Crippen molar-refractivity contribution in [1.82, 2.24) is 4.90 Å². The number of nitrogens with zero attached hydrogens (tertiary/aromatic N) is 1. The number of phenols is 1. The van der Waals surface area contributed by atoms with Crippen LogP contribution in [0.4, 0.5) is 0 Å². The van der Waals surface area contributed by atoms with Crippen molar-refractivity contribution in [3.05, 3.63) is 84.4 Å². The topological polar surface area (TPSA) is 62.2 Å². The second-order valence-electron chi connectivity index (χ2n) is 7.91. The first kappa shape index (κ1) is 21.2. The smallest absolute Gasteiger partial charge is 0.163 e. The number of hydrogen-bond acceptors (Lipinski definition) is 5. The standard InChI is InChI=1S/C26H29NO4/c28-21-16-18-27(19-17-21)26(31-25-9-5-4-8-24(25)29)15-12-20-10-13-23(14-11-20)30-22-6-2-1-3-7-22/h1-11,13-14,21,26,28-29H,12,15-19H2. The summed E-state index contributed by atoms with van der Waals surface area (Å²) in [5, 5.41) is 20.0. The molecule has 5 heteroatoms. The summed E-state index contributed by atoms with van der Waals surface area (Å²) in [6, 6.07) is 24.9. The Morgan fingerprint density at radius 3 is 2.19 bits per heavy atom. The van der Waals surface area contributed by atoms with E-state index in [1.807, 2.05) is 48.5 Å². The lowest BCUT2D eigenvalue weighted by molar-refractivity contribution is -0.0221. The molecule has 0 saturated carbocycles. The normalized spacial score (nSPS) is 16.0. The Morgan fingerprint density at radius 1 is 0.839 bits per heavy atom. The molecule has 3 aromatic carbocycles. The van der Waals surface area contributed by atoms with Gasteiger partial charge in [0.2, 0.25) is 0 Å². The summed E-state index contributed by atoms with van der Waals surface area (Å²) in [6.07, 6.45) is 2.70. The van der Waals surface area contributed by atoms with Gasteiger partial charge in [0.05, 0.1) is 6.10 Å². The zero-order valence-electron chi connectivity index (χ0n) is 17.6. The fourth-order valence-electron chi connectivity index (χ4n) is 3.83. The van der Waals surface area contributed by atoms with Crippen LogP contribution in [0.15, 0.2) is 78.9 Å². The molecule has 0 amide bonds. The molecule has 1 aliphatic heterocycles. The Bertz CT molecular complexity index is 937. The Labute approximate surface area is 183 Å². The van der Waals surface area contributed by atoms with Gasteiger partial charge in [-0.2, -0.15) is 0 Å². The van der Waals surface area contributed by atoms with Crippen LogP contribution in [-0.2, 0) is 6.42 Å². The first-order chi connectivity index (χ1) is 15.2. The molecule has 1 unspecified atom stereocenters. The number of rotatable bonds is 8. The summed E-state index contributed by atoms with van der Waals surface area (Å²) >= 11 is 0. The van der Waals surface area contributed by atoms with Crippen LogP contribution < -0.4 is 9.47 Å². The number of piperidine rings is 1. The van der Waals surface area contributed by atoms with E-state index in [1.54, 1.807) is 18.2 Å². The van der Waals surface area contributed by atoms with Crippen molar-refractivity contribution in [3.63, 3.8) is 0 Å². The van der Waals surface area contributed by atoms with Crippen LogP contribution in [0, 0.1) is 0 Å². The summed E-state index contributed by atoms with van der Waals surface area (Å²) < 4.78 is 12.1. The molecule has 0 aromatic heterocycles. The number of phenolic OH excluding ortho intramolecular Hbond substituents is 1. The van der Waals surface area contributed by atoms with Gasteiger partial charge in [-0.3, -0.25) is 4.90 Å². The summed E-state index contributed by atoms with van der Waals surface area (Å²) in [6.45, 7) is 1.56. The van der Waals surface area contributed by atoms with Crippen LogP contribution in [-0.4, -0.2) is 40.5 Å². The van der Waals surface area contributed by atoms with E-state index in [-0.39, 0.29) is 18.1 Å². The SMILES string of the molecule is Oc1ccccc1OC(CCc1ccc(Oc2ccccc2)cc1)N1CCC(O)CC1. The molecule has 1 atom stereocenters. The van der Waals surface area contributed by atoms with Crippen LogP contribution >= 0.6 is 0 Å². The summed E-state index contributed by atoms with van der Waals surface area (Å²) in [7, 11) is 0. The number of likely N-dealkylation sites (tertiary alicyclic amines) is 1. The third kappa shape index (κ3) is 6.00. The molecule has 1 fully saturated rings. The van der Waals surface area contributed by atoms with Gasteiger partial charge < -0.3 is 19.7 Å². The van der Waals surface area contributed by atoms with Crippen LogP contribution in [0.25, 0.3) is 0 Å². The lowest BCUT2D eigenvalue weighted by Crippen LogP contribution is -2.45. The first-order valence-electron chi connectivity index (χ1n) is 10.9. The maximum absolute atomic E-state index is 10.1. The maximum atomic E-state index is 10.1. The fourth-order valence-corrected chi connectivity index (χ4v) is 3.83. The third-order valence-electron chi connectivity index (χ3n) is 5.62. The van der Waals surface area contributed by atoms with Gasteiger partial charge in [0, 0.05) is 19.5 Å². The molecule has 5 nitrogen and oxygen atoms in total. The van der Waals surface area contributed by atoms with Crippen molar-refractivity contribution in [3.8, 4) is 23.0 Å². The molecular weight excluding hydrogens is 390 g/mol. The highest BCUT2D eigenvalue weighted by Crippen LogP contribution is 2.29. The predicted octanol–water partition coefficient (Wildman–Crippen LogP) is 4.98. The number of hydrogen-bond donors (Lipinski definition) is 2. The highest BCUT2D eigenvalue weighted by atomic mass is 16.5. The quantitative estimate of drug-likeness (QED) is 0.539. The molecule has 0 bridgehead atoms. The van der Waals surface area contributed by atoms with Crippen LogP contribution in [0.1, 0.15) is 24.8 Å². The van der Waals surface area contributed by atoms with Crippen LogP contribution in [0.2, 0.25) is 0 Å². The van der Waals surface area contributed by atoms with Crippen LogP contribution in [0.3, 0.4) is 0 Å². The molecule has 0 spiro atoms. The summed E-state index contributed by atoms with van der Waals surface area (Å²) in [4.78, 5) is 2.26. The van der Waals surface area contributed by atoms with E-state index in [0.717, 1.165) is 50.3 Å². The zero-order valence-corrected chi connectivity index (χ0v) is 17.6. The second kappa shape index (κ2) is 10.3. The van der Waals surface area contributed by atoms with Gasteiger partial charge in [0.1, 0.15) is 11.5 Å². The van der Waals surface area contributed by atoms with Gasteiger partial charge in [0.15, 0.2) is 17.7 Å². The number of para-hydroxylation sites is 3. The van der Waals surface area contributed by atoms with E-state index in [4.69, 9.17) is 9.47 Å². The number of aliphatic hydroxyl groups excluding tert-OH is 1. The molecule has 0 radical (unpaired) electrons. The summed E-state index contributed by atoms with van der Waals surface area (Å²) in [5.41, 5.74) is 1.20. The highest BCUT2D eigenvalue weighted by Gasteiger charge is 2.26. The molecule has 1 saturated heterocycles. The highest BCUT2D eigenvalue weighted by molar-refractivity contribution is 5.38. The molecule has 1 heterocycles. The van der Waals surface area contributed by atoms with Gasteiger partial charge in [0.25, 0.3) is 0 Å². The van der Waals surface area contributed by atoms with E-state index in [2.05, 4.69) is 17.0 Å². The largest absolute Gasteiger partial charge is 0.504 e. The van der Waals surface area contributed by atoms with Gasteiger partial charge in [-0.15, -0.1) is 0 Å². The Morgan fingerprint density at radius 2 is 1.48 bits per heavy atom. The Balaban J connectivity index is 1.40. The molecule has 162 valence electrons. The summed E-state index contributed by atoms with van der Waals surface area (Å²) in [5.74, 6) is 2.26. The van der Waals surface area contributed by atoms with E-state index in [1.165, 1.54) is 5.56 Å². The predicted molar refractivity (Wildman–Crippen MR) is 121 cm³/mol. The Kier molecular flexibility index (Phi) is 7.07. The Hall–Kier alpha value is -3.02. The number of ether oxygens (including phenoxy) is 2. The fraction of sp³-hybridized carbons (Fsp3) is 0.308. The number of aryl methyl sites for hydroxylation is 1. The van der Waals surface area contributed by atoms with Gasteiger partial charge in [-0.25, -0.2) is 0 Å². The molecule has 1 aliphatic rings. The van der Waals surface area contributed by atoms with Crippen molar-refractivity contribution in [2.24, 2.45) is 0 Å². The minimum atomic E-state index is -0.237. The first-order valence-corrected chi connectivity index (χ1v) is 10.9. The molecular formula is C26H29NO4. The van der Waals surface area contributed by atoms with Crippen LogP contribution in [0.5, 0.6) is 23.0 Å². The monoisotopic (exact) mass is 419 g/mol. The minimum absolute atomic E-state index is 0.145.